The Morgan fingerprint density at radius 2 is 2.29 bits per heavy atom. The highest BCUT2D eigenvalue weighted by molar-refractivity contribution is 5.86. The summed E-state index contributed by atoms with van der Waals surface area (Å²) in [7, 11) is 0. The Kier molecular flexibility index (Phi) is 4.19. The molecule has 1 atom stereocenters. The molecule has 1 aromatic rings. The Balaban J connectivity index is 1.52. The van der Waals surface area contributed by atoms with Crippen LogP contribution in [0.2, 0.25) is 0 Å². The fourth-order valence-corrected chi connectivity index (χ4v) is 3.50. The van der Waals surface area contributed by atoms with Crippen LogP contribution in [-0.2, 0) is 11.2 Å². The maximum Gasteiger partial charge on any atom is 0.242 e. The van der Waals surface area contributed by atoms with Gasteiger partial charge in [0.2, 0.25) is 5.91 Å². The van der Waals surface area contributed by atoms with Crippen LogP contribution in [0, 0.1) is 5.92 Å². The number of carbonyl (C=O) groups is 1. The normalized spacial score (nSPS) is 27.0. The van der Waals surface area contributed by atoms with Gasteiger partial charge in [-0.2, -0.15) is 10.2 Å². The Labute approximate surface area is 126 Å². The lowest BCUT2D eigenvalue weighted by atomic mass is 9.90. The molecule has 3 rings (SSSR count). The summed E-state index contributed by atoms with van der Waals surface area (Å²) in [5.41, 5.74) is 0.740. The highest BCUT2D eigenvalue weighted by Gasteiger charge is 2.39. The lowest BCUT2D eigenvalue weighted by Crippen LogP contribution is -2.54. The third kappa shape index (κ3) is 3.23. The predicted octanol–water partition coefficient (Wildman–Crippen LogP) is 1.40. The summed E-state index contributed by atoms with van der Waals surface area (Å²) in [6.45, 7) is 4.77. The van der Waals surface area contributed by atoms with Gasteiger partial charge >= 0.3 is 0 Å². The molecule has 0 aliphatic carbocycles. The zero-order valence-electron chi connectivity index (χ0n) is 12.7. The van der Waals surface area contributed by atoms with Gasteiger partial charge in [0.25, 0.3) is 0 Å². The van der Waals surface area contributed by atoms with Crippen LogP contribution in [0.25, 0.3) is 0 Å². The zero-order valence-corrected chi connectivity index (χ0v) is 12.7. The fraction of sp³-hybridized carbons (Fsp3) is 0.688. The molecule has 114 valence electrons. The minimum atomic E-state index is -0.322. The van der Waals surface area contributed by atoms with Gasteiger partial charge in [-0.3, -0.25) is 4.79 Å². The number of nitrogens with zero attached hydrogens (tertiary/aromatic N) is 3. The lowest BCUT2D eigenvalue weighted by Gasteiger charge is -2.37. The minimum absolute atomic E-state index is 0.290. The van der Waals surface area contributed by atoms with Crippen molar-refractivity contribution in [2.75, 3.05) is 19.6 Å². The summed E-state index contributed by atoms with van der Waals surface area (Å²) in [6.07, 6.45) is 6.89. The first-order valence-electron chi connectivity index (χ1n) is 7.98. The molecule has 0 radical (unpaired) electrons. The van der Waals surface area contributed by atoms with E-state index in [1.165, 1.54) is 0 Å². The van der Waals surface area contributed by atoms with Crippen LogP contribution in [0.15, 0.2) is 18.3 Å². The van der Waals surface area contributed by atoms with Crippen molar-refractivity contribution in [3.05, 3.63) is 24.0 Å². The second kappa shape index (κ2) is 6.10. The first kappa shape index (κ1) is 14.4. The quantitative estimate of drug-likeness (QED) is 0.913. The van der Waals surface area contributed by atoms with Gasteiger partial charge in [0.05, 0.1) is 11.2 Å². The summed E-state index contributed by atoms with van der Waals surface area (Å²) in [5, 5.41) is 11.5. The van der Waals surface area contributed by atoms with Crippen LogP contribution in [0.3, 0.4) is 0 Å². The summed E-state index contributed by atoms with van der Waals surface area (Å²) in [6, 6.07) is 3.97. The summed E-state index contributed by atoms with van der Waals surface area (Å²) >= 11 is 0. The topological polar surface area (TPSA) is 58.1 Å². The van der Waals surface area contributed by atoms with Crippen molar-refractivity contribution in [3.8, 4) is 0 Å². The van der Waals surface area contributed by atoms with Crippen molar-refractivity contribution in [1.82, 2.24) is 20.4 Å². The molecule has 2 aliphatic rings. The van der Waals surface area contributed by atoms with Gasteiger partial charge in [0.15, 0.2) is 0 Å². The van der Waals surface area contributed by atoms with Gasteiger partial charge in [-0.15, -0.1) is 0 Å². The largest absolute Gasteiger partial charge is 0.341 e. The van der Waals surface area contributed by atoms with E-state index < -0.39 is 0 Å². The molecular weight excluding hydrogens is 264 g/mol. The van der Waals surface area contributed by atoms with Gasteiger partial charge in [-0.25, -0.2) is 0 Å². The number of carbonyl (C=O) groups excluding carboxylic acids is 1. The van der Waals surface area contributed by atoms with Gasteiger partial charge in [0.1, 0.15) is 0 Å². The van der Waals surface area contributed by atoms with Gasteiger partial charge in [0, 0.05) is 19.3 Å². The van der Waals surface area contributed by atoms with Crippen LogP contribution in [-0.4, -0.2) is 46.2 Å². The molecule has 21 heavy (non-hydrogen) atoms. The highest BCUT2D eigenvalue weighted by atomic mass is 16.2. The van der Waals surface area contributed by atoms with E-state index >= 15 is 0 Å². The Morgan fingerprint density at radius 3 is 2.90 bits per heavy atom. The number of piperidine rings is 1. The van der Waals surface area contributed by atoms with Crippen LogP contribution in [0.1, 0.15) is 38.3 Å². The van der Waals surface area contributed by atoms with Crippen molar-refractivity contribution in [2.45, 2.75) is 44.6 Å². The van der Waals surface area contributed by atoms with E-state index in [1.807, 2.05) is 24.0 Å². The van der Waals surface area contributed by atoms with Crippen LogP contribution >= 0.6 is 0 Å². The number of aromatic nitrogens is 2. The molecular formula is C16H24N4O. The minimum Gasteiger partial charge on any atom is -0.341 e. The Morgan fingerprint density at radius 1 is 1.48 bits per heavy atom. The predicted molar refractivity (Wildman–Crippen MR) is 80.7 cm³/mol. The average molecular weight is 288 g/mol. The first-order chi connectivity index (χ1) is 10.2. The maximum absolute atomic E-state index is 12.6. The van der Waals surface area contributed by atoms with Crippen molar-refractivity contribution < 1.29 is 4.79 Å². The first-order valence-corrected chi connectivity index (χ1v) is 7.98. The monoisotopic (exact) mass is 288 g/mol. The van der Waals surface area contributed by atoms with E-state index in [9.17, 15) is 4.79 Å². The summed E-state index contributed by atoms with van der Waals surface area (Å²) < 4.78 is 0. The third-order valence-corrected chi connectivity index (χ3v) is 4.87. The number of hydrogen-bond acceptors (Lipinski definition) is 4. The Bertz CT molecular complexity index is 476. The average Bonchev–Trinajstić information content (AvgIpc) is 2.96. The number of rotatable bonds is 3. The van der Waals surface area contributed by atoms with Crippen LogP contribution < -0.4 is 5.32 Å². The molecule has 2 fully saturated rings. The number of nitrogens with one attached hydrogen (secondary N) is 1. The molecule has 5 nitrogen and oxygen atoms in total. The van der Waals surface area contributed by atoms with E-state index in [0.29, 0.717) is 5.92 Å². The molecule has 5 heteroatoms. The molecule has 0 saturated carbocycles. The van der Waals surface area contributed by atoms with Crippen LogP contribution in [0.5, 0.6) is 0 Å². The molecule has 0 bridgehead atoms. The van der Waals surface area contributed by atoms with Gasteiger partial charge in [-0.1, -0.05) is 0 Å². The molecule has 1 aromatic heterocycles. The second-order valence-electron chi connectivity index (χ2n) is 6.52. The van der Waals surface area contributed by atoms with Crippen molar-refractivity contribution in [3.63, 3.8) is 0 Å². The summed E-state index contributed by atoms with van der Waals surface area (Å²) in [4.78, 5) is 14.7. The maximum atomic E-state index is 12.6. The number of amides is 1. The van der Waals surface area contributed by atoms with E-state index in [1.54, 1.807) is 6.20 Å². The molecule has 1 amide bonds. The van der Waals surface area contributed by atoms with E-state index in [-0.39, 0.29) is 11.4 Å². The zero-order chi connectivity index (χ0) is 14.7. The SMILES string of the molecule is CC1(C(=O)N2CCC(Cc3cccnn3)CC2)CCCN1. The summed E-state index contributed by atoms with van der Waals surface area (Å²) in [5.74, 6) is 0.910. The second-order valence-corrected chi connectivity index (χ2v) is 6.52. The fourth-order valence-electron chi connectivity index (χ4n) is 3.50. The van der Waals surface area contributed by atoms with Crippen LogP contribution in [0.4, 0.5) is 0 Å². The number of likely N-dealkylation sites (tertiary alicyclic amines) is 1. The van der Waals surface area contributed by atoms with Gasteiger partial charge < -0.3 is 10.2 Å². The molecule has 0 aromatic carbocycles. The third-order valence-electron chi connectivity index (χ3n) is 4.87. The number of hydrogen-bond donors (Lipinski definition) is 1. The molecule has 2 saturated heterocycles. The van der Waals surface area contributed by atoms with E-state index in [2.05, 4.69) is 15.5 Å². The van der Waals surface area contributed by atoms with Crippen molar-refractivity contribution >= 4 is 5.91 Å². The lowest BCUT2D eigenvalue weighted by molar-refractivity contribution is -0.138. The van der Waals surface area contributed by atoms with Crippen molar-refractivity contribution in [1.29, 1.82) is 0 Å². The molecule has 1 unspecified atom stereocenters. The van der Waals surface area contributed by atoms with E-state index in [4.69, 9.17) is 0 Å². The van der Waals surface area contributed by atoms with Gasteiger partial charge in [-0.05, 0) is 63.6 Å². The van der Waals surface area contributed by atoms with E-state index in [0.717, 1.165) is 57.4 Å². The smallest absolute Gasteiger partial charge is 0.242 e. The molecule has 3 heterocycles. The standard InChI is InChI=1S/C16H24N4O/c1-16(7-3-8-17-16)15(21)20-10-5-13(6-11-20)12-14-4-2-9-18-19-14/h2,4,9,13,17H,3,5-8,10-12H2,1H3. The molecule has 2 aliphatic heterocycles. The highest BCUT2D eigenvalue weighted by Crippen LogP contribution is 2.26. The molecule has 0 spiro atoms. The van der Waals surface area contributed by atoms with Crippen molar-refractivity contribution in [2.24, 2.45) is 5.92 Å². The Hall–Kier alpha value is -1.49. The molecule has 1 N–H and O–H groups in total.